The molecule has 0 aliphatic heterocycles. The zero-order chi connectivity index (χ0) is 15.5. The van der Waals surface area contributed by atoms with Gasteiger partial charge < -0.3 is 9.84 Å². The standard InChI is InChI=1S/C12H16FNO5S/c1-7-4-9(13)5-8(2)11(7)20(17,18)14-10(6-19-3)12(15)16/h4-5,10,14H,6H2,1-3H3,(H,15,16). The molecule has 0 saturated carbocycles. The number of rotatable bonds is 6. The average molecular weight is 305 g/mol. The van der Waals surface area contributed by atoms with Crippen molar-refractivity contribution in [2.24, 2.45) is 0 Å². The molecule has 0 heterocycles. The Bertz CT molecular complexity index is 591. The molecule has 6 nitrogen and oxygen atoms in total. The molecule has 1 aromatic carbocycles. The van der Waals surface area contributed by atoms with Crippen LogP contribution in [0.4, 0.5) is 4.39 Å². The summed E-state index contributed by atoms with van der Waals surface area (Å²) in [7, 11) is -2.82. The molecule has 0 aliphatic carbocycles. The molecule has 20 heavy (non-hydrogen) atoms. The Morgan fingerprint density at radius 1 is 1.40 bits per heavy atom. The molecule has 1 unspecified atom stereocenters. The minimum absolute atomic E-state index is 0.124. The van der Waals surface area contributed by atoms with Crippen molar-refractivity contribution in [3.63, 3.8) is 0 Å². The van der Waals surface area contributed by atoms with Crippen molar-refractivity contribution in [1.82, 2.24) is 4.72 Å². The first-order chi connectivity index (χ1) is 9.19. The largest absolute Gasteiger partial charge is 0.480 e. The lowest BCUT2D eigenvalue weighted by Crippen LogP contribution is -2.44. The van der Waals surface area contributed by atoms with Crippen molar-refractivity contribution in [2.75, 3.05) is 13.7 Å². The first-order valence-electron chi connectivity index (χ1n) is 5.70. The normalized spacial score (nSPS) is 13.2. The Hall–Kier alpha value is -1.51. The topological polar surface area (TPSA) is 92.7 Å². The summed E-state index contributed by atoms with van der Waals surface area (Å²) in [6, 6.07) is 0.746. The van der Waals surface area contributed by atoms with Crippen LogP contribution in [-0.4, -0.2) is 39.3 Å². The second-order valence-corrected chi connectivity index (χ2v) is 5.99. The van der Waals surface area contributed by atoms with Crippen LogP contribution in [0.25, 0.3) is 0 Å². The highest BCUT2D eigenvalue weighted by Gasteiger charge is 2.27. The maximum Gasteiger partial charge on any atom is 0.324 e. The van der Waals surface area contributed by atoms with Gasteiger partial charge in [0.2, 0.25) is 10.0 Å². The average Bonchev–Trinajstić information content (AvgIpc) is 2.25. The van der Waals surface area contributed by atoms with Gasteiger partial charge in [-0.3, -0.25) is 4.79 Å². The number of nitrogens with one attached hydrogen (secondary N) is 1. The molecular formula is C12H16FNO5S. The molecule has 0 spiro atoms. The lowest BCUT2D eigenvalue weighted by Gasteiger charge is -2.16. The van der Waals surface area contributed by atoms with E-state index in [0.717, 1.165) is 12.1 Å². The molecule has 1 atom stereocenters. The Morgan fingerprint density at radius 2 is 1.90 bits per heavy atom. The first-order valence-corrected chi connectivity index (χ1v) is 7.18. The number of benzene rings is 1. The van der Waals surface area contributed by atoms with Crippen molar-refractivity contribution in [1.29, 1.82) is 0 Å². The van der Waals surface area contributed by atoms with Crippen molar-refractivity contribution in [3.8, 4) is 0 Å². The van der Waals surface area contributed by atoms with Gasteiger partial charge in [0.25, 0.3) is 0 Å². The number of carbonyl (C=O) groups is 1. The molecule has 0 radical (unpaired) electrons. The predicted octanol–water partition coefficient (Wildman–Crippen LogP) is 0.820. The summed E-state index contributed by atoms with van der Waals surface area (Å²) >= 11 is 0. The molecular weight excluding hydrogens is 289 g/mol. The monoisotopic (exact) mass is 305 g/mol. The zero-order valence-electron chi connectivity index (χ0n) is 11.3. The summed E-state index contributed by atoms with van der Waals surface area (Å²) in [5.74, 6) is -1.90. The van der Waals surface area contributed by atoms with Gasteiger partial charge in [0.15, 0.2) is 0 Å². The molecule has 1 aromatic rings. The number of methoxy groups -OCH3 is 1. The summed E-state index contributed by atoms with van der Waals surface area (Å²) in [5.41, 5.74) is 0.410. The van der Waals surface area contributed by atoms with Crippen LogP contribution < -0.4 is 4.72 Å². The Morgan fingerprint density at radius 3 is 2.30 bits per heavy atom. The smallest absolute Gasteiger partial charge is 0.324 e. The summed E-state index contributed by atoms with van der Waals surface area (Å²) in [6.07, 6.45) is 0. The van der Waals surface area contributed by atoms with Gasteiger partial charge >= 0.3 is 5.97 Å². The molecule has 0 saturated heterocycles. The van der Waals surface area contributed by atoms with E-state index in [-0.39, 0.29) is 22.6 Å². The number of hydrogen-bond acceptors (Lipinski definition) is 4. The van der Waals surface area contributed by atoms with Crippen molar-refractivity contribution in [3.05, 3.63) is 29.1 Å². The number of ether oxygens (including phenoxy) is 1. The van der Waals surface area contributed by atoms with Gasteiger partial charge in [0.1, 0.15) is 11.9 Å². The second kappa shape index (κ2) is 6.29. The van der Waals surface area contributed by atoms with Gasteiger partial charge in [0, 0.05) is 7.11 Å². The third-order valence-electron chi connectivity index (χ3n) is 2.62. The van der Waals surface area contributed by atoms with Crippen LogP contribution in [0.2, 0.25) is 0 Å². The van der Waals surface area contributed by atoms with Crippen LogP contribution in [0.3, 0.4) is 0 Å². The summed E-state index contributed by atoms with van der Waals surface area (Å²) in [6.45, 7) is 2.57. The van der Waals surface area contributed by atoms with Crippen LogP contribution in [0, 0.1) is 19.7 Å². The number of carboxylic acids is 1. The Balaban J connectivity index is 3.20. The van der Waals surface area contributed by atoms with Crippen LogP contribution >= 0.6 is 0 Å². The maximum atomic E-state index is 13.2. The lowest BCUT2D eigenvalue weighted by atomic mass is 10.1. The van der Waals surface area contributed by atoms with Gasteiger partial charge in [-0.15, -0.1) is 0 Å². The van der Waals surface area contributed by atoms with Gasteiger partial charge in [0.05, 0.1) is 11.5 Å². The Labute approximate surface area is 116 Å². The zero-order valence-corrected chi connectivity index (χ0v) is 12.1. The van der Waals surface area contributed by atoms with Gasteiger partial charge in [-0.25, -0.2) is 12.8 Å². The molecule has 8 heteroatoms. The molecule has 0 bridgehead atoms. The first kappa shape index (κ1) is 16.5. The number of aryl methyl sites for hydroxylation is 2. The lowest BCUT2D eigenvalue weighted by molar-refractivity contribution is -0.140. The van der Waals surface area contributed by atoms with E-state index >= 15 is 0 Å². The van der Waals surface area contributed by atoms with E-state index in [2.05, 4.69) is 4.74 Å². The van der Waals surface area contributed by atoms with Gasteiger partial charge in [-0.1, -0.05) is 0 Å². The SMILES string of the molecule is COCC(NS(=O)(=O)c1c(C)cc(F)cc1C)C(=O)O. The van der Waals surface area contributed by atoms with E-state index < -0.39 is 27.9 Å². The molecule has 0 amide bonds. The van der Waals surface area contributed by atoms with Gasteiger partial charge in [-0.05, 0) is 37.1 Å². The third-order valence-corrected chi connectivity index (χ3v) is 4.40. The number of halogens is 1. The molecule has 0 aromatic heterocycles. The van der Waals surface area contributed by atoms with E-state index in [4.69, 9.17) is 5.11 Å². The Kier molecular flexibility index (Phi) is 5.21. The van der Waals surface area contributed by atoms with E-state index in [0.29, 0.717) is 0 Å². The molecule has 2 N–H and O–H groups in total. The van der Waals surface area contributed by atoms with E-state index in [1.807, 2.05) is 4.72 Å². The fourth-order valence-corrected chi connectivity index (χ4v) is 3.52. The summed E-state index contributed by atoms with van der Waals surface area (Å²) in [4.78, 5) is 10.8. The fraction of sp³-hybridized carbons (Fsp3) is 0.417. The van der Waals surface area contributed by atoms with Crippen molar-refractivity contribution in [2.45, 2.75) is 24.8 Å². The highest BCUT2D eigenvalue weighted by Crippen LogP contribution is 2.21. The molecule has 0 fully saturated rings. The molecule has 0 aliphatic rings. The number of sulfonamides is 1. The second-order valence-electron chi connectivity index (χ2n) is 4.34. The van der Waals surface area contributed by atoms with Gasteiger partial charge in [-0.2, -0.15) is 4.72 Å². The number of carboxylic acid groups (broad SMARTS) is 1. The maximum absolute atomic E-state index is 13.2. The van der Waals surface area contributed by atoms with E-state index in [1.54, 1.807) is 0 Å². The third kappa shape index (κ3) is 3.75. The quantitative estimate of drug-likeness (QED) is 0.811. The van der Waals surface area contributed by atoms with Crippen molar-refractivity contribution >= 4 is 16.0 Å². The highest BCUT2D eigenvalue weighted by atomic mass is 32.2. The predicted molar refractivity (Wildman–Crippen MR) is 69.5 cm³/mol. The van der Waals surface area contributed by atoms with Crippen LogP contribution in [0.1, 0.15) is 11.1 Å². The van der Waals surface area contributed by atoms with E-state index in [9.17, 15) is 17.6 Å². The summed E-state index contributed by atoms with van der Waals surface area (Å²) < 4.78 is 44.3. The van der Waals surface area contributed by atoms with E-state index in [1.165, 1.54) is 21.0 Å². The number of aliphatic carboxylic acids is 1. The highest BCUT2D eigenvalue weighted by molar-refractivity contribution is 7.89. The number of hydrogen-bond donors (Lipinski definition) is 2. The van der Waals surface area contributed by atoms with Crippen LogP contribution in [-0.2, 0) is 19.6 Å². The van der Waals surface area contributed by atoms with Crippen molar-refractivity contribution < 1.29 is 27.4 Å². The van der Waals surface area contributed by atoms with Crippen LogP contribution in [0.5, 0.6) is 0 Å². The minimum Gasteiger partial charge on any atom is -0.480 e. The molecule has 112 valence electrons. The summed E-state index contributed by atoms with van der Waals surface area (Å²) in [5, 5.41) is 8.93. The minimum atomic E-state index is -4.08. The fourth-order valence-electron chi connectivity index (χ4n) is 1.89. The van der Waals surface area contributed by atoms with Crippen LogP contribution in [0.15, 0.2) is 17.0 Å². The molecule has 1 rings (SSSR count).